The third-order valence-corrected chi connectivity index (χ3v) is 4.96. The lowest BCUT2D eigenvalue weighted by molar-refractivity contribution is -0.385. The molecule has 0 N–H and O–H groups in total. The molecule has 0 aliphatic heterocycles. The van der Waals surface area contributed by atoms with Gasteiger partial charge in [0.05, 0.1) is 14.8 Å². The molecule has 0 fully saturated rings. The summed E-state index contributed by atoms with van der Waals surface area (Å²) < 4.78 is 17.0. The number of hydrogen-bond donors (Lipinski definition) is 0. The summed E-state index contributed by atoms with van der Waals surface area (Å²) in [5.41, 5.74) is -0.800. The SMILES string of the molecule is O=C(Oc1ccc2c(=O)c(Oc3ccccc3Br)coc2c1)c1ccccc1[N+](=O)[O-]. The summed E-state index contributed by atoms with van der Waals surface area (Å²) in [6.07, 6.45) is 1.16. The summed E-state index contributed by atoms with van der Waals surface area (Å²) in [6.45, 7) is 0. The molecule has 9 heteroatoms. The molecular weight excluding hydrogens is 470 g/mol. The van der Waals surface area contributed by atoms with Gasteiger partial charge in [0.15, 0.2) is 0 Å². The van der Waals surface area contributed by atoms with Crippen LogP contribution >= 0.6 is 15.9 Å². The molecule has 0 amide bonds. The third-order valence-electron chi connectivity index (χ3n) is 4.30. The number of hydrogen-bond acceptors (Lipinski definition) is 7. The van der Waals surface area contributed by atoms with E-state index < -0.39 is 16.3 Å². The van der Waals surface area contributed by atoms with Crippen LogP contribution in [0, 0.1) is 10.1 Å². The largest absolute Gasteiger partial charge is 0.460 e. The maximum absolute atomic E-state index is 12.7. The molecule has 0 atom stereocenters. The lowest BCUT2D eigenvalue weighted by Crippen LogP contribution is -2.11. The van der Waals surface area contributed by atoms with E-state index in [4.69, 9.17) is 13.9 Å². The van der Waals surface area contributed by atoms with Gasteiger partial charge in [-0.1, -0.05) is 24.3 Å². The van der Waals surface area contributed by atoms with Crippen molar-refractivity contribution in [2.24, 2.45) is 0 Å². The number of ether oxygens (including phenoxy) is 2. The van der Waals surface area contributed by atoms with E-state index in [2.05, 4.69) is 15.9 Å². The van der Waals surface area contributed by atoms with Crippen molar-refractivity contribution < 1.29 is 23.6 Å². The van der Waals surface area contributed by atoms with Crippen LogP contribution in [0.4, 0.5) is 5.69 Å². The first-order valence-corrected chi connectivity index (χ1v) is 9.67. The molecule has 31 heavy (non-hydrogen) atoms. The smallest absolute Gasteiger partial charge is 0.350 e. The molecule has 154 valence electrons. The van der Waals surface area contributed by atoms with Crippen LogP contribution in [0.1, 0.15) is 10.4 Å². The Kier molecular flexibility index (Phi) is 5.50. The molecule has 1 heterocycles. The molecule has 0 aliphatic carbocycles. The highest BCUT2D eigenvalue weighted by molar-refractivity contribution is 9.10. The number of benzene rings is 3. The maximum Gasteiger partial charge on any atom is 0.350 e. The van der Waals surface area contributed by atoms with Crippen molar-refractivity contribution in [1.82, 2.24) is 0 Å². The molecule has 4 rings (SSSR count). The quantitative estimate of drug-likeness (QED) is 0.161. The number of rotatable bonds is 5. The van der Waals surface area contributed by atoms with Crippen LogP contribution in [0.3, 0.4) is 0 Å². The van der Waals surface area contributed by atoms with Crippen molar-refractivity contribution in [2.45, 2.75) is 0 Å². The number of esters is 1. The lowest BCUT2D eigenvalue weighted by Gasteiger charge is -2.08. The zero-order valence-electron chi connectivity index (χ0n) is 15.6. The average Bonchev–Trinajstić information content (AvgIpc) is 2.77. The monoisotopic (exact) mass is 481 g/mol. The maximum atomic E-state index is 12.7. The second-order valence-electron chi connectivity index (χ2n) is 6.28. The number of fused-ring (bicyclic) bond motifs is 1. The van der Waals surface area contributed by atoms with Crippen molar-refractivity contribution in [3.63, 3.8) is 0 Å². The Morgan fingerprint density at radius 3 is 2.52 bits per heavy atom. The van der Waals surface area contributed by atoms with Gasteiger partial charge >= 0.3 is 5.97 Å². The van der Waals surface area contributed by atoms with Gasteiger partial charge in [-0.3, -0.25) is 14.9 Å². The van der Waals surface area contributed by atoms with E-state index in [-0.39, 0.29) is 33.7 Å². The first-order valence-electron chi connectivity index (χ1n) is 8.87. The van der Waals surface area contributed by atoms with E-state index in [1.54, 1.807) is 18.2 Å². The Hall–Kier alpha value is -3.98. The molecule has 8 nitrogen and oxygen atoms in total. The standard InChI is InChI=1S/C22H12BrNO7/c23-16-6-2-4-8-18(16)31-20-12-29-19-11-13(9-10-15(19)21(20)25)30-22(26)14-5-1-3-7-17(14)24(27)28/h1-12H. The Morgan fingerprint density at radius 1 is 1.00 bits per heavy atom. The van der Waals surface area contributed by atoms with Crippen molar-refractivity contribution in [3.05, 3.63) is 103 Å². The van der Waals surface area contributed by atoms with Crippen LogP contribution in [-0.4, -0.2) is 10.9 Å². The predicted octanol–water partition coefficient (Wildman–Crippen LogP) is 5.48. The van der Waals surface area contributed by atoms with E-state index in [0.717, 1.165) is 6.26 Å². The molecule has 0 saturated heterocycles. The summed E-state index contributed by atoms with van der Waals surface area (Å²) in [7, 11) is 0. The highest BCUT2D eigenvalue weighted by atomic mass is 79.9. The van der Waals surface area contributed by atoms with Crippen molar-refractivity contribution in [2.75, 3.05) is 0 Å². The van der Waals surface area contributed by atoms with Crippen LogP contribution in [0.15, 0.2) is 86.7 Å². The average molecular weight is 482 g/mol. The van der Waals surface area contributed by atoms with Gasteiger partial charge < -0.3 is 13.9 Å². The minimum absolute atomic E-state index is 0.0101. The topological polar surface area (TPSA) is 109 Å². The summed E-state index contributed by atoms with van der Waals surface area (Å²) >= 11 is 3.35. The zero-order chi connectivity index (χ0) is 22.0. The van der Waals surface area contributed by atoms with Crippen molar-refractivity contribution in [1.29, 1.82) is 0 Å². The lowest BCUT2D eigenvalue weighted by atomic mass is 10.2. The molecular formula is C22H12BrNO7. The van der Waals surface area contributed by atoms with Gasteiger partial charge in [-0.25, -0.2) is 4.79 Å². The van der Waals surface area contributed by atoms with E-state index in [1.807, 2.05) is 6.07 Å². The highest BCUT2D eigenvalue weighted by Crippen LogP contribution is 2.29. The Labute approximate surface area is 182 Å². The predicted molar refractivity (Wildman–Crippen MR) is 115 cm³/mol. The molecule has 3 aromatic carbocycles. The molecule has 0 aliphatic rings. The first-order chi connectivity index (χ1) is 14.9. The fraction of sp³-hybridized carbons (Fsp3) is 0. The van der Waals surface area contributed by atoms with E-state index in [9.17, 15) is 19.7 Å². The first kappa shape index (κ1) is 20.3. The summed E-state index contributed by atoms with van der Waals surface area (Å²) in [4.78, 5) is 35.6. The molecule has 0 spiro atoms. The van der Waals surface area contributed by atoms with Crippen LogP contribution in [0.2, 0.25) is 0 Å². The van der Waals surface area contributed by atoms with E-state index >= 15 is 0 Å². The minimum Gasteiger partial charge on any atom is -0.460 e. The molecule has 0 unspecified atom stereocenters. The number of para-hydroxylation sites is 2. The Morgan fingerprint density at radius 2 is 1.74 bits per heavy atom. The number of nitrogens with zero attached hydrogens (tertiary/aromatic N) is 1. The Balaban J connectivity index is 1.62. The second-order valence-corrected chi connectivity index (χ2v) is 7.14. The van der Waals surface area contributed by atoms with Gasteiger partial charge in [0.1, 0.15) is 28.9 Å². The number of halogens is 1. The molecule has 0 bridgehead atoms. The number of nitro groups is 1. The van der Waals surface area contributed by atoms with E-state index in [0.29, 0.717) is 10.2 Å². The number of carbonyl (C=O) groups excluding carboxylic acids is 1. The summed E-state index contributed by atoms with van der Waals surface area (Å²) in [5, 5.41) is 11.3. The summed E-state index contributed by atoms with van der Waals surface area (Å²) in [5.74, 6) is -0.394. The van der Waals surface area contributed by atoms with Crippen LogP contribution in [0.25, 0.3) is 11.0 Å². The normalized spacial score (nSPS) is 10.6. The van der Waals surface area contributed by atoms with Crippen LogP contribution < -0.4 is 14.9 Å². The fourth-order valence-electron chi connectivity index (χ4n) is 2.84. The summed E-state index contributed by atoms with van der Waals surface area (Å²) in [6, 6.07) is 16.7. The van der Waals surface area contributed by atoms with Gasteiger partial charge in [-0.2, -0.15) is 0 Å². The van der Waals surface area contributed by atoms with E-state index in [1.165, 1.54) is 42.5 Å². The second kappa shape index (κ2) is 8.41. The molecule has 4 aromatic rings. The van der Waals surface area contributed by atoms with Gasteiger partial charge in [0.2, 0.25) is 11.2 Å². The van der Waals surface area contributed by atoms with Crippen LogP contribution in [0.5, 0.6) is 17.2 Å². The third kappa shape index (κ3) is 4.17. The van der Waals surface area contributed by atoms with Crippen LogP contribution in [-0.2, 0) is 0 Å². The van der Waals surface area contributed by atoms with Crippen molar-refractivity contribution in [3.8, 4) is 17.2 Å². The number of carbonyl (C=O) groups is 1. The highest BCUT2D eigenvalue weighted by Gasteiger charge is 2.21. The van der Waals surface area contributed by atoms with Gasteiger partial charge in [-0.15, -0.1) is 0 Å². The van der Waals surface area contributed by atoms with Gasteiger partial charge in [0, 0.05) is 12.1 Å². The fourth-order valence-corrected chi connectivity index (χ4v) is 3.20. The van der Waals surface area contributed by atoms with Gasteiger partial charge in [0.25, 0.3) is 5.69 Å². The Bertz CT molecular complexity index is 1380. The molecule has 0 saturated carbocycles. The minimum atomic E-state index is -0.900. The van der Waals surface area contributed by atoms with Gasteiger partial charge in [-0.05, 0) is 46.3 Å². The number of nitro benzene ring substituents is 1. The van der Waals surface area contributed by atoms with Crippen molar-refractivity contribution >= 4 is 38.6 Å². The molecule has 0 radical (unpaired) electrons. The molecule has 1 aromatic heterocycles. The zero-order valence-corrected chi connectivity index (χ0v) is 17.2.